The molecule has 1 N–H and O–H groups in total. The Bertz CT molecular complexity index is 1400. The third kappa shape index (κ3) is 8.34. The van der Waals surface area contributed by atoms with Gasteiger partial charge < -0.3 is 19.5 Å². The van der Waals surface area contributed by atoms with Gasteiger partial charge in [-0.3, -0.25) is 0 Å². The largest absolute Gasteiger partial charge is 0.444 e. The molecule has 0 radical (unpaired) electrons. The maximum Gasteiger partial charge on any atom is 0.407 e. The van der Waals surface area contributed by atoms with Crippen molar-refractivity contribution in [1.29, 1.82) is 0 Å². The number of alkyl carbamates (subject to hydrolysis) is 1. The van der Waals surface area contributed by atoms with Crippen LogP contribution < -0.4 is 10.2 Å². The fourth-order valence-corrected chi connectivity index (χ4v) is 5.20. The smallest absolute Gasteiger partial charge is 0.407 e. The van der Waals surface area contributed by atoms with Gasteiger partial charge in [0.2, 0.25) is 0 Å². The second-order valence-electron chi connectivity index (χ2n) is 12.1. The van der Waals surface area contributed by atoms with Crippen LogP contribution in [0, 0.1) is 13.8 Å². The molecule has 7 heteroatoms. The Labute approximate surface area is 251 Å². The molecule has 4 aromatic rings. The second kappa shape index (κ2) is 14.3. The molecule has 0 aliphatic rings. The number of aromatic nitrogens is 3. The molecule has 0 aliphatic heterocycles. The number of amides is 1. The maximum absolute atomic E-state index is 12.1. The minimum absolute atomic E-state index is 0.363. The highest BCUT2D eigenvalue weighted by molar-refractivity contribution is 5.90. The molecule has 2 heterocycles. The van der Waals surface area contributed by atoms with Gasteiger partial charge in [0.1, 0.15) is 16.9 Å². The fourth-order valence-electron chi connectivity index (χ4n) is 5.20. The Morgan fingerprint density at radius 1 is 0.905 bits per heavy atom. The number of fused-ring (bicyclic) bond motifs is 1. The topological polar surface area (TPSA) is 72.3 Å². The van der Waals surface area contributed by atoms with E-state index in [0.29, 0.717) is 6.54 Å². The van der Waals surface area contributed by atoms with Gasteiger partial charge >= 0.3 is 6.09 Å². The molecular formula is C35H47N5O2. The van der Waals surface area contributed by atoms with E-state index in [9.17, 15) is 4.79 Å². The van der Waals surface area contributed by atoms with E-state index < -0.39 is 5.60 Å². The number of rotatable bonds is 13. The Morgan fingerprint density at radius 2 is 1.52 bits per heavy atom. The van der Waals surface area contributed by atoms with Crippen molar-refractivity contribution in [1.82, 2.24) is 19.9 Å². The number of nitrogens with zero attached hydrogens (tertiary/aromatic N) is 4. The molecule has 0 atom stereocenters. The number of aryl methyl sites for hydroxylation is 4. The summed E-state index contributed by atoms with van der Waals surface area (Å²) < 4.78 is 7.80. The SMILES string of the molecule is CCCCc1nc2c(N(Cc3ccccc3)Cc3ccccc3)nc(C)c(C)c2n1CCCCNC(=O)OC(C)(C)C. The van der Waals surface area contributed by atoms with Crippen molar-refractivity contribution < 1.29 is 9.53 Å². The van der Waals surface area contributed by atoms with Crippen LogP contribution in [0.5, 0.6) is 0 Å². The molecule has 0 aliphatic carbocycles. The number of carbonyl (C=O) groups excluding carboxylic acids is 1. The Balaban J connectivity index is 1.66. The molecule has 0 saturated heterocycles. The van der Waals surface area contributed by atoms with Crippen molar-refractivity contribution >= 4 is 22.9 Å². The van der Waals surface area contributed by atoms with Gasteiger partial charge in [-0.05, 0) is 70.6 Å². The number of carbonyl (C=O) groups is 1. The van der Waals surface area contributed by atoms with Crippen LogP contribution in [0.3, 0.4) is 0 Å². The average Bonchev–Trinajstić information content (AvgIpc) is 3.32. The third-order valence-electron chi connectivity index (χ3n) is 7.39. The van der Waals surface area contributed by atoms with Crippen molar-refractivity contribution in [3.63, 3.8) is 0 Å². The van der Waals surface area contributed by atoms with E-state index in [0.717, 1.165) is 74.6 Å². The summed E-state index contributed by atoms with van der Waals surface area (Å²) in [5.41, 5.74) is 6.34. The number of ether oxygens (including phenoxy) is 1. The van der Waals surface area contributed by atoms with E-state index in [2.05, 4.69) is 96.2 Å². The lowest BCUT2D eigenvalue weighted by Crippen LogP contribution is -2.33. The summed E-state index contributed by atoms with van der Waals surface area (Å²) in [7, 11) is 0. The van der Waals surface area contributed by atoms with Gasteiger partial charge in [0, 0.05) is 38.3 Å². The fraction of sp³-hybridized carbons (Fsp3) is 0.457. The predicted molar refractivity (Wildman–Crippen MR) is 172 cm³/mol. The van der Waals surface area contributed by atoms with Crippen molar-refractivity contribution in [2.45, 2.75) is 98.9 Å². The zero-order valence-corrected chi connectivity index (χ0v) is 26.2. The monoisotopic (exact) mass is 569 g/mol. The van der Waals surface area contributed by atoms with Gasteiger partial charge in [0.05, 0.1) is 5.52 Å². The number of imidazole rings is 1. The van der Waals surface area contributed by atoms with E-state index in [4.69, 9.17) is 14.7 Å². The van der Waals surface area contributed by atoms with Crippen LogP contribution in [0.4, 0.5) is 10.6 Å². The van der Waals surface area contributed by atoms with Crippen LogP contribution in [0.1, 0.15) is 81.6 Å². The predicted octanol–water partition coefficient (Wildman–Crippen LogP) is 7.90. The molecule has 0 fully saturated rings. The summed E-state index contributed by atoms with van der Waals surface area (Å²) in [6.45, 7) is 15.0. The molecule has 7 nitrogen and oxygen atoms in total. The lowest BCUT2D eigenvalue weighted by atomic mass is 10.1. The van der Waals surface area contributed by atoms with E-state index in [-0.39, 0.29) is 6.09 Å². The Kier molecular flexibility index (Phi) is 10.6. The summed E-state index contributed by atoms with van der Waals surface area (Å²) in [5, 5.41) is 2.89. The molecule has 224 valence electrons. The highest BCUT2D eigenvalue weighted by atomic mass is 16.6. The van der Waals surface area contributed by atoms with Gasteiger partial charge in [-0.15, -0.1) is 0 Å². The minimum atomic E-state index is -0.496. The summed E-state index contributed by atoms with van der Waals surface area (Å²) >= 11 is 0. The summed E-state index contributed by atoms with van der Waals surface area (Å²) in [5.74, 6) is 2.05. The van der Waals surface area contributed by atoms with Crippen molar-refractivity contribution in [3.05, 3.63) is 88.9 Å². The zero-order valence-electron chi connectivity index (χ0n) is 26.2. The number of benzene rings is 2. The normalized spacial score (nSPS) is 11.6. The van der Waals surface area contributed by atoms with Crippen LogP contribution in [0.15, 0.2) is 60.7 Å². The average molecular weight is 570 g/mol. The van der Waals surface area contributed by atoms with E-state index in [1.807, 2.05) is 20.8 Å². The molecule has 1 amide bonds. The summed E-state index contributed by atoms with van der Waals surface area (Å²) in [6, 6.07) is 21.2. The van der Waals surface area contributed by atoms with Crippen molar-refractivity contribution in [2.24, 2.45) is 0 Å². The highest BCUT2D eigenvalue weighted by Gasteiger charge is 2.23. The number of anilines is 1. The second-order valence-corrected chi connectivity index (χ2v) is 12.1. The first-order valence-electron chi connectivity index (χ1n) is 15.3. The molecule has 0 bridgehead atoms. The number of nitrogens with one attached hydrogen (secondary N) is 1. The minimum Gasteiger partial charge on any atom is -0.444 e. The van der Waals surface area contributed by atoms with Crippen LogP contribution in [-0.2, 0) is 30.8 Å². The summed E-state index contributed by atoms with van der Waals surface area (Å²) in [4.78, 5) is 24.9. The molecule has 0 saturated carbocycles. The molecule has 4 rings (SSSR count). The molecule has 0 unspecified atom stereocenters. The zero-order chi connectivity index (χ0) is 30.1. The molecule has 0 spiro atoms. The molecule has 2 aromatic carbocycles. The van der Waals surface area contributed by atoms with Crippen molar-refractivity contribution in [2.75, 3.05) is 11.4 Å². The van der Waals surface area contributed by atoms with Crippen LogP contribution in [0.2, 0.25) is 0 Å². The van der Waals surface area contributed by atoms with Crippen LogP contribution in [0.25, 0.3) is 11.0 Å². The number of unbranched alkanes of at least 4 members (excludes halogenated alkanes) is 2. The standard InChI is InChI=1S/C35H47N5O2/c1-7-8-21-30-38-31-32(40(30)23-16-15-22-36-34(41)42-35(4,5)6)26(2)27(3)37-33(31)39(24-28-17-11-9-12-18-28)25-29-19-13-10-14-20-29/h9-14,17-20H,7-8,15-16,21-25H2,1-6H3,(H,36,41). The van der Waals surface area contributed by atoms with Gasteiger partial charge in [-0.1, -0.05) is 74.0 Å². The Hall–Kier alpha value is -3.87. The maximum atomic E-state index is 12.1. The summed E-state index contributed by atoms with van der Waals surface area (Å²) in [6.07, 6.45) is 4.54. The third-order valence-corrected chi connectivity index (χ3v) is 7.39. The first-order chi connectivity index (χ1) is 20.2. The molecule has 2 aromatic heterocycles. The molecular weight excluding hydrogens is 522 g/mol. The lowest BCUT2D eigenvalue weighted by molar-refractivity contribution is 0.0527. The van der Waals surface area contributed by atoms with Gasteiger partial charge in [0.25, 0.3) is 0 Å². The number of hydrogen-bond acceptors (Lipinski definition) is 5. The number of hydrogen-bond donors (Lipinski definition) is 1. The number of pyridine rings is 1. The van der Waals surface area contributed by atoms with Gasteiger partial charge in [-0.2, -0.15) is 0 Å². The van der Waals surface area contributed by atoms with Crippen molar-refractivity contribution in [3.8, 4) is 0 Å². The van der Waals surface area contributed by atoms with E-state index in [1.165, 1.54) is 22.2 Å². The lowest BCUT2D eigenvalue weighted by Gasteiger charge is -2.25. The van der Waals surface area contributed by atoms with Crippen LogP contribution >= 0.6 is 0 Å². The van der Waals surface area contributed by atoms with Gasteiger partial charge in [0.15, 0.2) is 5.82 Å². The van der Waals surface area contributed by atoms with Crippen LogP contribution in [-0.4, -0.2) is 32.8 Å². The highest BCUT2D eigenvalue weighted by Crippen LogP contribution is 2.32. The van der Waals surface area contributed by atoms with E-state index >= 15 is 0 Å². The quantitative estimate of drug-likeness (QED) is 0.166. The molecule has 42 heavy (non-hydrogen) atoms. The Morgan fingerprint density at radius 3 is 2.10 bits per heavy atom. The first-order valence-corrected chi connectivity index (χ1v) is 15.3. The van der Waals surface area contributed by atoms with E-state index in [1.54, 1.807) is 0 Å². The first kappa shape index (κ1) is 31.1. The van der Waals surface area contributed by atoms with Gasteiger partial charge in [-0.25, -0.2) is 14.8 Å².